The van der Waals surface area contributed by atoms with Gasteiger partial charge in [-0.1, -0.05) is 0 Å². The van der Waals surface area contributed by atoms with Gasteiger partial charge in [0.2, 0.25) is 10.0 Å². The van der Waals surface area contributed by atoms with Gasteiger partial charge in [-0.3, -0.25) is 4.79 Å². The van der Waals surface area contributed by atoms with Crippen molar-refractivity contribution < 1.29 is 22.7 Å². The lowest BCUT2D eigenvalue weighted by Crippen LogP contribution is -2.41. The van der Waals surface area contributed by atoms with E-state index in [2.05, 4.69) is 15.9 Å². The molecule has 132 valence electrons. The fraction of sp³-hybridized carbons (Fsp3) is 0.533. The monoisotopic (exact) mass is 418 g/mol. The Morgan fingerprint density at radius 2 is 1.83 bits per heavy atom. The van der Waals surface area contributed by atoms with E-state index in [-0.39, 0.29) is 23.0 Å². The van der Waals surface area contributed by atoms with Gasteiger partial charge in [-0.05, 0) is 47.0 Å². The van der Waals surface area contributed by atoms with Crippen LogP contribution in [0.25, 0.3) is 0 Å². The van der Waals surface area contributed by atoms with Crippen LogP contribution in [0, 0.1) is 5.92 Å². The van der Waals surface area contributed by atoms with Crippen molar-refractivity contribution in [2.24, 2.45) is 11.1 Å². The summed E-state index contributed by atoms with van der Waals surface area (Å²) in [7, 11) is -3.85. The van der Waals surface area contributed by atoms with Crippen molar-refractivity contribution in [3.63, 3.8) is 0 Å². The fourth-order valence-corrected chi connectivity index (χ4v) is 4.00. The predicted octanol–water partition coefficient (Wildman–Crippen LogP) is 1.32. The van der Waals surface area contributed by atoms with Crippen LogP contribution in [0.15, 0.2) is 27.6 Å². The lowest BCUT2D eigenvalue weighted by Gasteiger charge is -2.34. The van der Waals surface area contributed by atoms with E-state index in [0.717, 1.165) is 12.8 Å². The third-order valence-electron chi connectivity index (χ3n) is 4.36. The SMILES string of the molecule is NS(=O)(=O)c1ccc(Br)c(C(=O)N2CCC(C3OCCO3)CC2)c1. The third kappa shape index (κ3) is 3.80. The average molecular weight is 419 g/mol. The third-order valence-corrected chi connectivity index (χ3v) is 5.96. The first-order chi connectivity index (χ1) is 11.4. The first-order valence-electron chi connectivity index (χ1n) is 7.71. The molecule has 0 saturated carbocycles. The van der Waals surface area contributed by atoms with Crippen molar-refractivity contribution in [1.29, 1.82) is 0 Å². The standard InChI is InChI=1S/C15H19BrN2O5S/c16-13-2-1-11(24(17,20)21)9-12(13)14(19)18-5-3-10(4-6-18)15-22-7-8-23-15/h1-2,9-10,15H,3-8H2,(H2,17,20,21). The minimum Gasteiger partial charge on any atom is -0.350 e. The van der Waals surface area contributed by atoms with Gasteiger partial charge in [0.25, 0.3) is 5.91 Å². The highest BCUT2D eigenvalue weighted by Crippen LogP contribution is 2.28. The van der Waals surface area contributed by atoms with Crippen molar-refractivity contribution in [3.8, 4) is 0 Å². The highest BCUT2D eigenvalue weighted by atomic mass is 79.9. The van der Waals surface area contributed by atoms with E-state index in [1.165, 1.54) is 18.2 Å². The Balaban J connectivity index is 1.71. The highest BCUT2D eigenvalue weighted by Gasteiger charge is 2.32. The van der Waals surface area contributed by atoms with E-state index in [1.54, 1.807) is 4.90 Å². The maximum absolute atomic E-state index is 12.7. The Hall–Kier alpha value is -1.00. The molecule has 0 spiro atoms. The average Bonchev–Trinajstić information content (AvgIpc) is 3.08. The second kappa shape index (κ2) is 7.09. The molecule has 0 aromatic heterocycles. The second-order valence-electron chi connectivity index (χ2n) is 5.93. The van der Waals surface area contributed by atoms with Crippen LogP contribution < -0.4 is 5.14 Å². The Morgan fingerprint density at radius 1 is 1.21 bits per heavy atom. The summed E-state index contributed by atoms with van der Waals surface area (Å²) < 4.78 is 34.6. The molecule has 2 fully saturated rings. The zero-order valence-corrected chi connectivity index (χ0v) is 15.4. The normalized spacial score (nSPS) is 20.5. The number of hydrogen-bond donors (Lipinski definition) is 1. The molecule has 7 nitrogen and oxygen atoms in total. The van der Waals surface area contributed by atoms with Gasteiger partial charge in [0.15, 0.2) is 6.29 Å². The van der Waals surface area contributed by atoms with Crippen molar-refractivity contribution in [2.45, 2.75) is 24.0 Å². The van der Waals surface area contributed by atoms with Crippen LogP contribution in [0.4, 0.5) is 0 Å². The van der Waals surface area contributed by atoms with Crippen LogP contribution in [0.3, 0.4) is 0 Å². The second-order valence-corrected chi connectivity index (χ2v) is 8.34. The summed E-state index contributed by atoms with van der Waals surface area (Å²) in [4.78, 5) is 14.4. The number of carbonyl (C=O) groups is 1. The number of carbonyl (C=O) groups excluding carboxylic acids is 1. The number of nitrogens with zero attached hydrogens (tertiary/aromatic N) is 1. The van der Waals surface area contributed by atoms with Gasteiger partial charge in [0.05, 0.1) is 23.7 Å². The molecule has 2 N–H and O–H groups in total. The molecule has 1 aromatic carbocycles. The summed E-state index contributed by atoms with van der Waals surface area (Å²) in [5.74, 6) is 0.0785. The van der Waals surface area contributed by atoms with E-state index in [0.29, 0.717) is 36.3 Å². The molecular weight excluding hydrogens is 400 g/mol. The smallest absolute Gasteiger partial charge is 0.255 e. The highest BCUT2D eigenvalue weighted by molar-refractivity contribution is 9.10. The number of amides is 1. The van der Waals surface area contributed by atoms with Crippen LogP contribution >= 0.6 is 15.9 Å². The van der Waals surface area contributed by atoms with Gasteiger partial charge in [-0.25, -0.2) is 13.6 Å². The number of hydrogen-bond acceptors (Lipinski definition) is 5. The number of ether oxygens (including phenoxy) is 2. The minimum absolute atomic E-state index is 0.0725. The summed E-state index contributed by atoms with van der Waals surface area (Å²) in [6.45, 7) is 2.41. The molecular formula is C15H19BrN2O5S. The molecule has 0 aliphatic carbocycles. The first kappa shape index (κ1) is 17.8. The number of piperidine rings is 1. The zero-order chi connectivity index (χ0) is 17.3. The number of likely N-dealkylation sites (tertiary alicyclic amines) is 1. The van der Waals surface area contributed by atoms with Crippen LogP contribution in [-0.2, 0) is 19.5 Å². The molecule has 9 heteroatoms. The number of nitrogens with two attached hydrogens (primary N) is 1. The van der Waals surface area contributed by atoms with Crippen LogP contribution in [-0.4, -0.2) is 51.8 Å². The van der Waals surface area contributed by atoms with Gasteiger partial charge in [-0.15, -0.1) is 0 Å². The summed E-state index contributed by atoms with van der Waals surface area (Å²) in [6.07, 6.45) is 1.42. The van der Waals surface area contributed by atoms with E-state index >= 15 is 0 Å². The molecule has 3 rings (SSSR count). The summed E-state index contributed by atoms with van der Waals surface area (Å²) in [5, 5.41) is 5.15. The Bertz CT molecular complexity index is 725. The van der Waals surface area contributed by atoms with Gasteiger partial charge in [0, 0.05) is 23.5 Å². The first-order valence-corrected chi connectivity index (χ1v) is 10.0. The molecule has 2 saturated heterocycles. The quantitative estimate of drug-likeness (QED) is 0.797. The summed E-state index contributed by atoms with van der Waals surface area (Å²) >= 11 is 3.31. The Kier molecular flexibility index (Phi) is 5.26. The Morgan fingerprint density at radius 3 is 2.42 bits per heavy atom. The number of benzene rings is 1. The zero-order valence-electron chi connectivity index (χ0n) is 13.0. The van der Waals surface area contributed by atoms with Crippen molar-refractivity contribution in [1.82, 2.24) is 4.90 Å². The topological polar surface area (TPSA) is 98.9 Å². The molecule has 2 aliphatic heterocycles. The largest absolute Gasteiger partial charge is 0.350 e. The van der Waals surface area contributed by atoms with Crippen LogP contribution in [0.1, 0.15) is 23.2 Å². The maximum Gasteiger partial charge on any atom is 0.255 e. The van der Waals surface area contributed by atoms with Crippen molar-refractivity contribution in [2.75, 3.05) is 26.3 Å². The van der Waals surface area contributed by atoms with Gasteiger partial charge >= 0.3 is 0 Å². The fourth-order valence-electron chi connectivity index (χ4n) is 3.04. The minimum atomic E-state index is -3.85. The van der Waals surface area contributed by atoms with Gasteiger partial charge in [0.1, 0.15) is 0 Å². The lowest BCUT2D eigenvalue weighted by atomic mass is 9.95. The van der Waals surface area contributed by atoms with E-state index in [9.17, 15) is 13.2 Å². The summed E-state index contributed by atoms with van der Waals surface area (Å²) in [5.41, 5.74) is 0.299. The van der Waals surface area contributed by atoms with E-state index in [1.807, 2.05) is 0 Å². The molecule has 1 aromatic rings. The molecule has 1 amide bonds. The van der Waals surface area contributed by atoms with Gasteiger partial charge in [-0.2, -0.15) is 0 Å². The number of halogens is 1. The Labute approximate surface area is 149 Å². The maximum atomic E-state index is 12.7. The predicted molar refractivity (Wildman–Crippen MR) is 89.8 cm³/mol. The molecule has 0 unspecified atom stereocenters. The van der Waals surface area contributed by atoms with Crippen molar-refractivity contribution >= 4 is 31.9 Å². The lowest BCUT2D eigenvalue weighted by molar-refractivity contribution is -0.0956. The number of primary sulfonamides is 1. The van der Waals surface area contributed by atoms with Gasteiger partial charge < -0.3 is 14.4 Å². The van der Waals surface area contributed by atoms with E-state index < -0.39 is 10.0 Å². The molecule has 24 heavy (non-hydrogen) atoms. The summed E-state index contributed by atoms with van der Waals surface area (Å²) in [6, 6.07) is 4.22. The van der Waals surface area contributed by atoms with E-state index in [4.69, 9.17) is 14.6 Å². The molecule has 0 bridgehead atoms. The molecule has 2 heterocycles. The molecule has 2 aliphatic rings. The molecule has 0 atom stereocenters. The van der Waals surface area contributed by atoms with Crippen LogP contribution in [0.5, 0.6) is 0 Å². The molecule has 0 radical (unpaired) electrons. The number of rotatable bonds is 3. The van der Waals surface area contributed by atoms with Crippen molar-refractivity contribution in [3.05, 3.63) is 28.2 Å². The van der Waals surface area contributed by atoms with Crippen LogP contribution in [0.2, 0.25) is 0 Å². The number of sulfonamides is 1.